The predicted octanol–water partition coefficient (Wildman–Crippen LogP) is 4.80. The van der Waals surface area contributed by atoms with Gasteiger partial charge in [-0.25, -0.2) is 0 Å². The second kappa shape index (κ2) is 7.33. The van der Waals surface area contributed by atoms with Gasteiger partial charge < -0.3 is 15.6 Å². The standard InChI is InChI=1S/C22H20N4O/c1-15-20(19-6-2-3-7-21(19)24-15)13-22(27)26-17-10-8-16(9-11-17)25-18-5-4-12-23-14-18/h2-12,14,24-25H,13H2,1H3,(H,26,27). The number of pyridine rings is 1. The number of benzene rings is 2. The van der Waals surface area contributed by atoms with Crippen molar-refractivity contribution in [2.24, 2.45) is 0 Å². The molecule has 2 aromatic carbocycles. The van der Waals surface area contributed by atoms with Crippen molar-refractivity contribution in [1.29, 1.82) is 0 Å². The number of H-pyrrole nitrogens is 1. The summed E-state index contributed by atoms with van der Waals surface area (Å²) in [6, 6.07) is 19.5. The summed E-state index contributed by atoms with van der Waals surface area (Å²) in [4.78, 5) is 19.9. The summed E-state index contributed by atoms with van der Waals surface area (Å²) in [5.74, 6) is -0.0316. The van der Waals surface area contributed by atoms with Crippen LogP contribution in [0.5, 0.6) is 0 Å². The molecule has 27 heavy (non-hydrogen) atoms. The molecule has 4 rings (SSSR count). The molecule has 2 aromatic heterocycles. The van der Waals surface area contributed by atoms with Gasteiger partial charge in [0, 0.05) is 34.2 Å². The van der Waals surface area contributed by atoms with E-state index in [2.05, 4.69) is 20.6 Å². The van der Waals surface area contributed by atoms with Crippen molar-refractivity contribution >= 4 is 33.9 Å². The Hall–Kier alpha value is -3.60. The molecule has 0 unspecified atom stereocenters. The highest BCUT2D eigenvalue weighted by atomic mass is 16.1. The molecule has 0 radical (unpaired) electrons. The third kappa shape index (κ3) is 3.82. The molecule has 1 amide bonds. The number of fused-ring (bicyclic) bond motifs is 1. The van der Waals surface area contributed by atoms with Gasteiger partial charge in [0.2, 0.25) is 5.91 Å². The van der Waals surface area contributed by atoms with Gasteiger partial charge in [-0.2, -0.15) is 0 Å². The van der Waals surface area contributed by atoms with Crippen LogP contribution in [0.2, 0.25) is 0 Å². The fourth-order valence-corrected chi connectivity index (χ4v) is 3.17. The highest BCUT2D eigenvalue weighted by Gasteiger charge is 2.12. The van der Waals surface area contributed by atoms with Crippen LogP contribution in [0, 0.1) is 6.92 Å². The van der Waals surface area contributed by atoms with Crippen LogP contribution in [0.4, 0.5) is 17.1 Å². The van der Waals surface area contributed by atoms with Gasteiger partial charge in [0.05, 0.1) is 18.3 Å². The van der Waals surface area contributed by atoms with Crippen LogP contribution in [0.1, 0.15) is 11.3 Å². The Morgan fingerprint density at radius 1 is 0.963 bits per heavy atom. The molecule has 0 aliphatic rings. The average Bonchev–Trinajstić information content (AvgIpc) is 2.99. The minimum Gasteiger partial charge on any atom is -0.358 e. The summed E-state index contributed by atoms with van der Waals surface area (Å²) >= 11 is 0. The Morgan fingerprint density at radius 2 is 1.74 bits per heavy atom. The van der Waals surface area contributed by atoms with Gasteiger partial charge in [-0.1, -0.05) is 18.2 Å². The molecule has 0 atom stereocenters. The number of aromatic amines is 1. The van der Waals surface area contributed by atoms with E-state index in [-0.39, 0.29) is 5.91 Å². The van der Waals surface area contributed by atoms with Crippen LogP contribution >= 0.6 is 0 Å². The predicted molar refractivity (Wildman–Crippen MR) is 109 cm³/mol. The zero-order valence-corrected chi connectivity index (χ0v) is 15.0. The molecule has 0 aliphatic heterocycles. The molecule has 4 aromatic rings. The summed E-state index contributed by atoms with van der Waals surface area (Å²) < 4.78 is 0. The van der Waals surface area contributed by atoms with Crippen LogP contribution in [0.15, 0.2) is 73.1 Å². The first-order valence-corrected chi connectivity index (χ1v) is 8.82. The Kier molecular flexibility index (Phi) is 4.58. The van der Waals surface area contributed by atoms with Crippen molar-refractivity contribution in [3.63, 3.8) is 0 Å². The van der Waals surface area contributed by atoms with E-state index >= 15 is 0 Å². The lowest BCUT2D eigenvalue weighted by Crippen LogP contribution is -2.14. The molecule has 3 N–H and O–H groups in total. The maximum absolute atomic E-state index is 12.5. The summed E-state index contributed by atoms with van der Waals surface area (Å²) in [6.45, 7) is 2.00. The monoisotopic (exact) mass is 356 g/mol. The lowest BCUT2D eigenvalue weighted by atomic mass is 10.1. The van der Waals surface area contributed by atoms with Crippen LogP contribution in [0.25, 0.3) is 10.9 Å². The van der Waals surface area contributed by atoms with Crippen molar-refractivity contribution in [3.8, 4) is 0 Å². The van der Waals surface area contributed by atoms with E-state index in [0.29, 0.717) is 6.42 Å². The van der Waals surface area contributed by atoms with Gasteiger partial charge in [-0.3, -0.25) is 9.78 Å². The molecule has 5 heteroatoms. The van der Waals surface area contributed by atoms with Gasteiger partial charge >= 0.3 is 0 Å². The lowest BCUT2D eigenvalue weighted by molar-refractivity contribution is -0.115. The molecule has 5 nitrogen and oxygen atoms in total. The highest BCUT2D eigenvalue weighted by molar-refractivity contribution is 5.96. The third-order valence-electron chi connectivity index (χ3n) is 4.48. The minimum atomic E-state index is -0.0316. The molecule has 0 aliphatic carbocycles. The minimum absolute atomic E-state index is 0.0316. The Bertz CT molecular complexity index is 1070. The maximum Gasteiger partial charge on any atom is 0.228 e. The number of amides is 1. The van der Waals surface area contributed by atoms with Crippen molar-refractivity contribution in [2.45, 2.75) is 13.3 Å². The van der Waals surface area contributed by atoms with E-state index in [1.54, 1.807) is 12.4 Å². The topological polar surface area (TPSA) is 69.8 Å². The van der Waals surface area contributed by atoms with E-state index in [1.165, 1.54) is 0 Å². The summed E-state index contributed by atoms with van der Waals surface area (Å²) in [7, 11) is 0. The first kappa shape index (κ1) is 16.8. The average molecular weight is 356 g/mol. The van der Waals surface area contributed by atoms with Crippen molar-refractivity contribution in [3.05, 3.63) is 84.3 Å². The molecule has 134 valence electrons. The zero-order valence-electron chi connectivity index (χ0n) is 15.0. The zero-order chi connectivity index (χ0) is 18.6. The second-order valence-corrected chi connectivity index (χ2v) is 6.44. The summed E-state index contributed by atoms with van der Waals surface area (Å²) in [5, 5.41) is 7.34. The molecule has 0 fully saturated rings. The Labute approximate surface area is 157 Å². The van der Waals surface area contributed by atoms with E-state index < -0.39 is 0 Å². The van der Waals surface area contributed by atoms with Crippen LogP contribution < -0.4 is 10.6 Å². The van der Waals surface area contributed by atoms with Gasteiger partial charge in [-0.05, 0) is 55.0 Å². The number of rotatable bonds is 5. The maximum atomic E-state index is 12.5. The second-order valence-electron chi connectivity index (χ2n) is 6.44. The fraction of sp³-hybridized carbons (Fsp3) is 0.0909. The molecule has 0 spiro atoms. The Balaban J connectivity index is 1.43. The van der Waals surface area contributed by atoms with Gasteiger partial charge in [0.15, 0.2) is 0 Å². The molecule has 0 bridgehead atoms. The number of nitrogens with zero attached hydrogens (tertiary/aromatic N) is 1. The van der Waals surface area contributed by atoms with Crippen LogP contribution in [0.3, 0.4) is 0 Å². The number of para-hydroxylation sites is 1. The molecular formula is C22H20N4O. The van der Waals surface area contributed by atoms with Crippen molar-refractivity contribution < 1.29 is 4.79 Å². The largest absolute Gasteiger partial charge is 0.358 e. The fourth-order valence-electron chi connectivity index (χ4n) is 3.17. The summed E-state index contributed by atoms with van der Waals surface area (Å²) in [6.07, 6.45) is 3.84. The van der Waals surface area contributed by atoms with E-state index in [9.17, 15) is 4.79 Å². The lowest BCUT2D eigenvalue weighted by Gasteiger charge is -2.09. The van der Waals surface area contributed by atoms with Crippen molar-refractivity contribution in [1.82, 2.24) is 9.97 Å². The first-order chi connectivity index (χ1) is 13.2. The smallest absolute Gasteiger partial charge is 0.228 e. The highest BCUT2D eigenvalue weighted by Crippen LogP contribution is 2.23. The number of hydrogen-bond acceptors (Lipinski definition) is 3. The molecule has 0 saturated carbocycles. The van der Waals surface area contributed by atoms with E-state index in [0.717, 1.165) is 39.2 Å². The number of aromatic nitrogens is 2. The SMILES string of the molecule is Cc1[nH]c2ccccc2c1CC(=O)Nc1ccc(Nc2cccnc2)cc1. The number of hydrogen-bond donors (Lipinski definition) is 3. The number of carbonyl (C=O) groups is 1. The van der Waals surface area contributed by atoms with E-state index in [4.69, 9.17) is 0 Å². The van der Waals surface area contributed by atoms with Gasteiger partial charge in [0.25, 0.3) is 0 Å². The van der Waals surface area contributed by atoms with Crippen molar-refractivity contribution in [2.75, 3.05) is 10.6 Å². The molecular weight excluding hydrogens is 336 g/mol. The van der Waals surface area contributed by atoms with Crippen LogP contribution in [-0.2, 0) is 11.2 Å². The molecule has 0 saturated heterocycles. The first-order valence-electron chi connectivity index (χ1n) is 8.82. The van der Waals surface area contributed by atoms with Gasteiger partial charge in [0.1, 0.15) is 0 Å². The number of nitrogens with one attached hydrogen (secondary N) is 3. The third-order valence-corrected chi connectivity index (χ3v) is 4.48. The summed E-state index contributed by atoms with van der Waals surface area (Å²) in [5.41, 5.74) is 5.76. The quantitative estimate of drug-likeness (QED) is 0.481. The number of anilines is 3. The van der Waals surface area contributed by atoms with Crippen LogP contribution in [-0.4, -0.2) is 15.9 Å². The molecule has 2 heterocycles. The van der Waals surface area contributed by atoms with E-state index in [1.807, 2.05) is 67.6 Å². The normalized spacial score (nSPS) is 10.7. The number of aryl methyl sites for hydroxylation is 1. The Morgan fingerprint density at radius 3 is 2.52 bits per heavy atom. The van der Waals surface area contributed by atoms with Gasteiger partial charge in [-0.15, -0.1) is 0 Å². The number of carbonyl (C=O) groups excluding carboxylic acids is 1.